The molecule has 0 aromatic heterocycles. The minimum atomic E-state index is -1.26. The van der Waals surface area contributed by atoms with Gasteiger partial charge in [0.2, 0.25) is 0 Å². The van der Waals surface area contributed by atoms with Gasteiger partial charge in [-0.05, 0) is 17.7 Å². The fraction of sp³-hybridized carbons (Fsp3) is 0.300. The van der Waals surface area contributed by atoms with Gasteiger partial charge in [-0.1, -0.05) is 6.07 Å². The second-order valence-corrected chi connectivity index (χ2v) is 4.00. The first-order valence-electron chi connectivity index (χ1n) is 4.35. The number of carbonyl (C=O) groups is 1. The van der Waals surface area contributed by atoms with Crippen LogP contribution in [-0.2, 0) is 5.75 Å². The first kappa shape index (κ1) is 12.0. The van der Waals surface area contributed by atoms with Gasteiger partial charge in [0.05, 0.1) is 12.2 Å². The predicted octanol–water partition coefficient (Wildman–Crippen LogP) is 1.75. The highest BCUT2D eigenvalue weighted by molar-refractivity contribution is 7.98. The van der Waals surface area contributed by atoms with Gasteiger partial charge in [-0.15, -0.1) is 0 Å². The zero-order chi connectivity index (χ0) is 11.3. The molecule has 0 amide bonds. The minimum absolute atomic E-state index is 0.0810. The van der Waals surface area contributed by atoms with E-state index in [9.17, 15) is 9.18 Å². The van der Waals surface area contributed by atoms with Crippen molar-refractivity contribution in [2.24, 2.45) is 0 Å². The molecule has 5 heteroatoms. The van der Waals surface area contributed by atoms with Crippen molar-refractivity contribution >= 4 is 17.7 Å². The summed E-state index contributed by atoms with van der Waals surface area (Å²) in [6, 6.07) is 4.02. The van der Waals surface area contributed by atoms with Crippen LogP contribution in [0.4, 0.5) is 4.39 Å². The third-order valence-corrected chi connectivity index (χ3v) is 2.77. The Bertz CT molecular complexity index is 355. The number of carboxylic acid groups (broad SMARTS) is 1. The van der Waals surface area contributed by atoms with Crippen LogP contribution in [0.2, 0.25) is 0 Å². The fourth-order valence-corrected chi connectivity index (χ4v) is 1.77. The average Bonchev–Trinajstić information content (AvgIpc) is 2.20. The summed E-state index contributed by atoms with van der Waals surface area (Å²) in [5.74, 6) is -0.833. The average molecular weight is 230 g/mol. The number of hydrogen-bond acceptors (Lipinski definition) is 3. The van der Waals surface area contributed by atoms with Crippen molar-refractivity contribution < 1.29 is 19.4 Å². The molecule has 0 spiro atoms. The van der Waals surface area contributed by atoms with Gasteiger partial charge < -0.3 is 10.2 Å². The van der Waals surface area contributed by atoms with Crippen LogP contribution >= 0.6 is 11.8 Å². The van der Waals surface area contributed by atoms with Crippen molar-refractivity contribution in [3.63, 3.8) is 0 Å². The van der Waals surface area contributed by atoms with Gasteiger partial charge in [0.25, 0.3) is 0 Å². The van der Waals surface area contributed by atoms with E-state index in [-0.39, 0.29) is 12.2 Å². The minimum Gasteiger partial charge on any atom is -0.478 e. The van der Waals surface area contributed by atoms with Crippen LogP contribution in [0.1, 0.15) is 15.9 Å². The molecular formula is C10H11FO3S. The SMILES string of the molecule is O=C(O)c1cc(CSCCO)ccc1F. The number of thioether (sulfide) groups is 1. The van der Waals surface area contributed by atoms with Gasteiger partial charge in [-0.2, -0.15) is 11.8 Å². The molecule has 0 atom stereocenters. The summed E-state index contributed by atoms with van der Waals surface area (Å²) in [5.41, 5.74) is 0.435. The first-order chi connectivity index (χ1) is 7.15. The number of aromatic carboxylic acids is 1. The Morgan fingerprint density at radius 3 is 2.80 bits per heavy atom. The molecule has 2 N–H and O–H groups in total. The van der Waals surface area contributed by atoms with Crippen molar-refractivity contribution in [2.45, 2.75) is 5.75 Å². The van der Waals surface area contributed by atoms with Crippen LogP contribution in [0, 0.1) is 5.82 Å². The fourth-order valence-electron chi connectivity index (χ4n) is 1.08. The van der Waals surface area contributed by atoms with Gasteiger partial charge in [0.15, 0.2) is 0 Å². The van der Waals surface area contributed by atoms with E-state index in [1.165, 1.54) is 17.8 Å². The van der Waals surface area contributed by atoms with E-state index >= 15 is 0 Å². The maximum absolute atomic E-state index is 13.0. The highest BCUT2D eigenvalue weighted by Crippen LogP contribution is 2.16. The quantitative estimate of drug-likeness (QED) is 0.757. The van der Waals surface area contributed by atoms with E-state index in [1.54, 1.807) is 6.07 Å². The monoisotopic (exact) mass is 230 g/mol. The topological polar surface area (TPSA) is 57.5 Å². The summed E-state index contributed by atoms with van der Waals surface area (Å²) >= 11 is 1.47. The van der Waals surface area contributed by atoms with Crippen molar-refractivity contribution in [2.75, 3.05) is 12.4 Å². The molecule has 82 valence electrons. The third kappa shape index (κ3) is 3.53. The molecule has 0 fully saturated rings. The molecule has 0 heterocycles. The van der Waals surface area contributed by atoms with Crippen LogP contribution in [0.15, 0.2) is 18.2 Å². The number of carboxylic acids is 1. The summed E-state index contributed by atoms with van der Waals surface area (Å²) < 4.78 is 13.0. The van der Waals surface area contributed by atoms with E-state index in [2.05, 4.69) is 0 Å². The zero-order valence-corrected chi connectivity index (χ0v) is 8.76. The Hall–Kier alpha value is -1.07. The molecule has 0 saturated heterocycles. The smallest absolute Gasteiger partial charge is 0.338 e. The van der Waals surface area contributed by atoms with E-state index < -0.39 is 11.8 Å². The molecule has 3 nitrogen and oxygen atoms in total. The molecular weight excluding hydrogens is 219 g/mol. The third-order valence-electron chi connectivity index (χ3n) is 1.77. The maximum atomic E-state index is 13.0. The lowest BCUT2D eigenvalue weighted by Gasteiger charge is -2.03. The number of rotatable bonds is 5. The summed E-state index contributed by atoms with van der Waals surface area (Å²) in [7, 11) is 0. The first-order valence-corrected chi connectivity index (χ1v) is 5.51. The van der Waals surface area contributed by atoms with Crippen LogP contribution in [-0.4, -0.2) is 28.5 Å². The number of aliphatic hydroxyl groups excluding tert-OH is 1. The van der Waals surface area contributed by atoms with Gasteiger partial charge in [0.1, 0.15) is 5.82 Å². The molecule has 0 aliphatic rings. The van der Waals surface area contributed by atoms with Crippen molar-refractivity contribution in [1.82, 2.24) is 0 Å². The lowest BCUT2D eigenvalue weighted by Crippen LogP contribution is -2.01. The molecule has 1 rings (SSSR count). The number of aliphatic hydroxyl groups is 1. The normalized spacial score (nSPS) is 10.3. The Balaban J connectivity index is 2.74. The number of benzene rings is 1. The number of hydrogen-bond donors (Lipinski definition) is 2. The van der Waals surface area contributed by atoms with Crippen LogP contribution in [0.5, 0.6) is 0 Å². The van der Waals surface area contributed by atoms with Crippen molar-refractivity contribution in [3.05, 3.63) is 35.1 Å². The molecule has 15 heavy (non-hydrogen) atoms. The standard InChI is InChI=1S/C10H11FO3S/c11-9-2-1-7(6-15-4-3-12)5-8(9)10(13)14/h1-2,5,12H,3-4,6H2,(H,13,14). The Morgan fingerprint density at radius 1 is 1.47 bits per heavy atom. The lowest BCUT2D eigenvalue weighted by atomic mass is 10.1. The number of halogens is 1. The predicted molar refractivity (Wildman–Crippen MR) is 56.6 cm³/mol. The van der Waals surface area contributed by atoms with E-state index in [1.807, 2.05) is 0 Å². The van der Waals surface area contributed by atoms with Gasteiger partial charge in [0, 0.05) is 11.5 Å². The highest BCUT2D eigenvalue weighted by atomic mass is 32.2. The van der Waals surface area contributed by atoms with Crippen molar-refractivity contribution in [3.8, 4) is 0 Å². The summed E-state index contributed by atoms with van der Waals surface area (Å²) in [4.78, 5) is 10.6. The molecule has 0 saturated carbocycles. The van der Waals surface area contributed by atoms with Crippen LogP contribution < -0.4 is 0 Å². The van der Waals surface area contributed by atoms with E-state index in [0.29, 0.717) is 11.5 Å². The van der Waals surface area contributed by atoms with Crippen molar-refractivity contribution in [1.29, 1.82) is 0 Å². The summed E-state index contributed by atoms with van der Waals surface area (Å²) in [6.45, 7) is 0.0810. The molecule has 0 radical (unpaired) electrons. The van der Waals surface area contributed by atoms with Gasteiger partial charge >= 0.3 is 5.97 Å². The molecule has 0 aliphatic heterocycles. The van der Waals surface area contributed by atoms with Crippen LogP contribution in [0.25, 0.3) is 0 Å². The molecule has 0 aliphatic carbocycles. The molecule has 0 unspecified atom stereocenters. The zero-order valence-electron chi connectivity index (χ0n) is 7.94. The van der Waals surface area contributed by atoms with E-state index in [0.717, 1.165) is 11.6 Å². The lowest BCUT2D eigenvalue weighted by molar-refractivity contribution is 0.0692. The molecule has 1 aromatic rings. The summed E-state index contributed by atoms with van der Waals surface area (Å²) in [5, 5.41) is 17.2. The second kappa shape index (κ2) is 5.72. The largest absolute Gasteiger partial charge is 0.478 e. The highest BCUT2D eigenvalue weighted by Gasteiger charge is 2.10. The summed E-state index contributed by atoms with van der Waals surface area (Å²) in [6.07, 6.45) is 0. The van der Waals surface area contributed by atoms with Crippen LogP contribution in [0.3, 0.4) is 0 Å². The Kier molecular flexibility index (Phi) is 4.58. The Labute approximate surface area is 90.9 Å². The van der Waals surface area contributed by atoms with E-state index in [4.69, 9.17) is 10.2 Å². The Morgan fingerprint density at radius 2 is 2.20 bits per heavy atom. The van der Waals surface area contributed by atoms with Gasteiger partial charge in [-0.25, -0.2) is 9.18 Å². The van der Waals surface area contributed by atoms with Gasteiger partial charge in [-0.3, -0.25) is 0 Å². The molecule has 0 bridgehead atoms. The second-order valence-electron chi connectivity index (χ2n) is 2.90. The maximum Gasteiger partial charge on any atom is 0.338 e. The molecule has 1 aromatic carbocycles.